The van der Waals surface area contributed by atoms with E-state index in [9.17, 15) is 5.11 Å². The van der Waals surface area contributed by atoms with Gasteiger partial charge in [0.05, 0.1) is 6.10 Å². The quantitative estimate of drug-likeness (QED) is 0.763. The van der Waals surface area contributed by atoms with E-state index in [0.717, 1.165) is 38.9 Å². The van der Waals surface area contributed by atoms with Gasteiger partial charge in [0.25, 0.3) is 0 Å². The molecule has 1 saturated heterocycles. The van der Waals surface area contributed by atoms with Crippen molar-refractivity contribution in [1.82, 2.24) is 10.2 Å². The van der Waals surface area contributed by atoms with Gasteiger partial charge in [0.1, 0.15) is 0 Å². The van der Waals surface area contributed by atoms with Gasteiger partial charge in [0, 0.05) is 19.1 Å². The molecular weight excluding hydrogens is 248 g/mol. The SMILES string of the molecule is CCC(O)CCNC1CCN(CCc2ccccc2)C1. The molecule has 2 rings (SSSR count). The zero-order chi connectivity index (χ0) is 14.2. The van der Waals surface area contributed by atoms with Crippen LogP contribution in [0.1, 0.15) is 31.7 Å². The largest absolute Gasteiger partial charge is 0.393 e. The molecule has 0 amide bonds. The van der Waals surface area contributed by atoms with E-state index in [0.29, 0.717) is 6.04 Å². The lowest BCUT2D eigenvalue weighted by atomic mass is 10.1. The third kappa shape index (κ3) is 5.23. The fraction of sp³-hybridized carbons (Fsp3) is 0.647. The smallest absolute Gasteiger partial charge is 0.0549 e. The summed E-state index contributed by atoms with van der Waals surface area (Å²) in [4.78, 5) is 2.54. The van der Waals surface area contributed by atoms with E-state index in [1.54, 1.807) is 0 Å². The van der Waals surface area contributed by atoms with E-state index in [1.807, 2.05) is 6.92 Å². The number of hydrogen-bond donors (Lipinski definition) is 2. The van der Waals surface area contributed by atoms with Gasteiger partial charge in [-0.15, -0.1) is 0 Å². The van der Waals surface area contributed by atoms with Gasteiger partial charge in [0.15, 0.2) is 0 Å². The lowest BCUT2D eigenvalue weighted by Gasteiger charge is -2.17. The molecule has 0 aliphatic carbocycles. The Morgan fingerprint density at radius 1 is 1.35 bits per heavy atom. The summed E-state index contributed by atoms with van der Waals surface area (Å²) in [6.07, 6.45) is 3.96. The van der Waals surface area contributed by atoms with Crippen molar-refractivity contribution in [1.29, 1.82) is 0 Å². The average Bonchev–Trinajstić information content (AvgIpc) is 2.94. The number of benzene rings is 1. The minimum absolute atomic E-state index is 0.141. The normalized spacial score (nSPS) is 21.2. The van der Waals surface area contributed by atoms with Gasteiger partial charge >= 0.3 is 0 Å². The maximum absolute atomic E-state index is 9.54. The molecule has 0 bridgehead atoms. The summed E-state index contributed by atoms with van der Waals surface area (Å²) in [6.45, 7) is 6.47. The highest BCUT2D eigenvalue weighted by molar-refractivity contribution is 5.14. The minimum Gasteiger partial charge on any atom is -0.393 e. The van der Waals surface area contributed by atoms with Crippen LogP contribution in [0.15, 0.2) is 30.3 Å². The fourth-order valence-electron chi connectivity index (χ4n) is 2.79. The molecule has 2 unspecified atom stereocenters. The van der Waals surface area contributed by atoms with Crippen LogP contribution in [0.25, 0.3) is 0 Å². The maximum atomic E-state index is 9.54. The van der Waals surface area contributed by atoms with Crippen molar-refractivity contribution in [3.63, 3.8) is 0 Å². The number of nitrogens with one attached hydrogen (secondary N) is 1. The Labute approximate surface area is 123 Å². The number of likely N-dealkylation sites (tertiary alicyclic amines) is 1. The van der Waals surface area contributed by atoms with Crippen LogP contribution in [-0.4, -0.2) is 48.3 Å². The number of rotatable bonds is 8. The molecule has 1 aromatic carbocycles. The third-order valence-corrected chi connectivity index (χ3v) is 4.21. The molecule has 2 atom stereocenters. The second kappa shape index (κ2) is 8.40. The van der Waals surface area contributed by atoms with E-state index in [-0.39, 0.29) is 6.10 Å². The summed E-state index contributed by atoms with van der Waals surface area (Å²) in [5.74, 6) is 0. The van der Waals surface area contributed by atoms with Gasteiger partial charge in [-0.2, -0.15) is 0 Å². The molecule has 0 spiro atoms. The zero-order valence-electron chi connectivity index (χ0n) is 12.6. The molecule has 0 aromatic heterocycles. The molecule has 0 radical (unpaired) electrons. The van der Waals surface area contributed by atoms with Gasteiger partial charge < -0.3 is 15.3 Å². The van der Waals surface area contributed by atoms with Crippen molar-refractivity contribution < 1.29 is 5.11 Å². The molecule has 2 N–H and O–H groups in total. The Morgan fingerprint density at radius 3 is 2.90 bits per heavy atom. The lowest BCUT2D eigenvalue weighted by Crippen LogP contribution is -2.34. The summed E-state index contributed by atoms with van der Waals surface area (Å²) in [5, 5.41) is 13.1. The number of aliphatic hydroxyl groups is 1. The van der Waals surface area contributed by atoms with Gasteiger partial charge in [-0.1, -0.05) is 37.3 Å². The third-order valence-electron chi connectivity index (χ3n) is 4.21. The lowest BCUT2D eigenvalue weighted by molar-refractivity contribution is 0.158. The van der Waals surface area contributed by atoms with E-state index < -0.39 is 0 Å². The van der Waals surface area contributed by atoms with Crippen LogP contribution in [0.3, 0.4) is 0 Å². The predicted octanol–water partition coefficient (Wildman–Crippen LogP) is 2.05. The molecule has 3 nitrogen and oxygen atoms in total. The van der Waals surface area contributed by atoms with E-state index in [1.165, 1.54) is 18.5 Å². The summed E-state index contributed by atoms with van der Waals surface area (Å²) < 4.78 is 0. The Bertz CT molecular complexity index is 369. The molecule has 0 saturated carbocycles. The Hall–Kier alpha value is -0.900. The summed E-state index contributed by atoms with van der Waals surface area (Å²) in [5.41, 5.74) is 1.43. The van der Waals surface area contributed by atoms with Crippen LogP contribution in [0.4, 0.5) is 0 Å². The molecule has 1 aliphatic heterocycles. The van der Waals surface area contributed by atoms with E-state index >= 15 is 0 Å². The van der Waals surface area contributed by atoms with Gasteiger partial charge in [-0.25, -0.2) is 0 Å². The predicted molar refractivity (Wildman–Crippen MR) is 83.9 cm³/mol. The topological polar surface area (TPSA) is 35.5 Å². The fourth-order valence-corrected chi connectivity index (χ4v) is 2.79. The van der Waals surface area contributed by atoms with Gasteiger partial charge in [-0.05, 0) is 44.3 Å². The molecular formula is C17H28N2O. The second-order valence-electron chi connectivity index (χ2n) is 5.83. The Morgan fingerprint density at radius 2 is 2.15 bits per heavy atom. The van der Waals surface area contributed by atoms with E-state index in [4.69, 9.17) is 0 Å². The molecule has 112 valence electrons. The van der Waals surface area contributed by atoms with Crippen molar-refractivity contribution in [2.45, 2.75) is 44.8 Å². The van der Waals surface area contributed by atoms with Gasteiger partial charge in [-0.3, -0.25) is 0 Å². The molecule has 1 aromatic rings. The zero-order valence-corrected chi connectivity index (χ0v) is 12.6. The minimum atomic E-state index is -0.141. The van der Waals surface area contributed by atoms with Crippen LogP contribution in [0, 0.1) is 0 Å². The summed E-state index contributed by atoms with van der Waals surface area (Å²) in [6, 6.07) is 11.3. The summed E-state index contributed by atoms with van der Waals surface area (Å²) in [7, 11) is 0. The monoisotopic (exact) mass is 276 g/mol. The van der Waals surface area contributed by atoms with Crippen molar-refractivity contribution in [2.24, 2.45) is 0 Å². The van der Waals surface area contributed by atoms with Crippen LogP contribution < -0.4 is 5.32 Å². The maximum Gasteiger partial charge on any atom is 0.0549 e. The Kier molecular flexibility index (Phi) is 6.51. The van der Waals surface area contributed by atoms with E-state index in [2.05, 4.69) is 40.5 Å². The first-order chi connectivity index (χ1) is 9.78. The molecule has 3 heteroatoms. The van der Waals surface area contributed by atoms with Crippen molar-refractivity contribution in [3.8, 4) is 0 Å². The highest BCUT2D eigenvalue weighted by atomic mass is 16.3. The van der Waals surface area contributed by atoms with Crippen LogP contribution in [0.5, 0.6) is 0 Å². The summed E-state index contributed by atoms with van der Waals surface area (Å²) >= 11 is 0. The first-order valence-corrected chi connectivity index (χ1v) is 7.95. The molecule has 1 fully saturated rings. The van der Waals surface area contributed by atoms with Crippen molar-refractivity contribution in [2.75, 3.05) is 26.2 Å². The molecule has 1 heterocycles. The van der Waals surface area contributed by atoms with Crippen molar-refractivity contribution in [3.05, 3.63) is 35.9 Å². The van der Waals surface area contributed by atoms with Crippen LogP contribution in [-0.2, 0) is 6.42 Å². The standard InChI is InChI=1S/C17H28N2O/c1-2-17(20)8-11-18-16-10-13-19(14-16)12-9-15-6-4-3-5-7-15/h3-7,16-18,20H,2,8-14H2,1H3. The number of hydrogen-bond acceptors (Lipinski definition) is 3. The molecule has 1 aliphatic rings. The second-order valence-corrected chi connectivity index (χ2v) is 5.83. The number of nitrogens with zero attached hydrogens (tertiary/aromatic N) is 1. The van der Waals surface area contributed by atoms with Gasteiger partial charge in [0.2, 0.25) is 0 Å². The van der Waals surface area contributed by atoms with Crippen LogP contribution in [0.2, 0.25) is 0 Å². The highest BCUT2D eigenvalue weighted by Gasteiger charge is 2.21. The van der Waals surface area contributed by atoms with Crippen LogP contribution >= 0.6 is 0 Å². The molecule has 20 heavy (non-hydrogen) atoms. The number of aliphatic hydroxyl groups excluding tert-OH is 1. The highest BCUT2D eigenvalue weighted by Crippen LogP contribution is 2.11. The Balaban J connectivity index is 1.60. The first kappa shape index (κ1) is 15.5. The first-order valence-electron chi connectivity index (χ1n) is 7.95. The average molecular weight is 276 g/mol. The van der Waals surface area contributed by atoms with Crippen molar-refractivity contribution >= 4 is 0 Å².